The van der Waals surface area contributed by atoms with Gasteiger partial charge in [0.25, 0.3) is 0 Å². The van der Waals surface area contributed by atoms with E-state index < -0.39 is 11.6 Å². The summed E-state index contributed by atoms with van der Waals surface area (Å²) in [5.41, 5.74) is 0.0150. The highest BCUT2D eigenvalue weighted by atomic mass is 19.2. The van der Waals surface area contributed by atoms with Gasteiger partial charge < -0.3 is 9.30 Å². The molecule has 0 saturated carbocycles. The van der Waals surface area contributed by atoms with Crippen LogP contribution in [0.5, 0.6) is 5.75 Å². The lowest BCUT2D eigenvalue weighted by atomic mass is 10.1. The molecule has 2 heterocycles. The number of pyridine rings is 1. The minimum atomic E-state index is -1.05. The maximum atomic E-state index is 13.7. The van der Waals surface area contributed by atoms with Crippen LogP contribution in [0.25, 0.3) is 10.9 Å². The van der Waals surface area contributed by atoms with E-state index in [-0.39, 0.29) is 29.2 Å². The van der Waals surface area contributed by atoms with Crippen molar-refractivity contribution in [3.8, 4) is 5.75 Å². The molecule has 0 fully saturated rings. The molecule has 3 nitrogen and oxygen atoms in total. The van der Waals surface area contributed by atoms with Crippen molar-refractivity contribution in [1.82, 2.24) is 4.57 Å². The highest BCUT2D eigenvalue weighted by molar-refractivity contribution is 5.85. The van der Waals surface area contributed by atoms with Crippen molar-refractivity contribution in [2.75, 3.05) is 6.61 Å². The van der Waals surface area contributed by atoms with Crippen LogP contribution in [0.1, 0.15) is 19.4 Å². The third kappa shape index (κ3) is 1.36. The number of nitrogens with zero attached hydrogens (tertiary/aromatic N) is 1. The number of halogens is 2. The van der Waals surface area contributed by atoms with Gasteiger partial charge in [-0.05, 0) is 12.5 Å². The second-order valence-electron chi connectivity index (χ2n) is 4.36. The first kappa shape index (κ1) is 11.2. The smallest absolute Gasteiger partial charge is 0.202 e. The van der Waals surface area contributed by atoms with Gasteiger partial charge in [-0.15, -0.1) is 0 Å². The molecule has 0 amide bonds. The van der Waals surface area contributed by atoms with E-state index in [2.05, 4.69) is 0 Å². The van der Waals surface area contributed by atoms with E-state index in [1.165, 1.54) is 6.07 Å². The van der Waals surface area contributed by atoms with Gasteiger partial charge in [0.15, 0.2) is 17.0 Å². The number of hydrogen-bond donors (Lipinski definition) is 0. The lowest BCUT2D eigenvalue weighted by Crippen LogP contribution is -2.25. The van der Waals surface area contributed by atoms with Crippen LogP contribution in [0.4, 0.5) is 8.78 Å². The predicted molar refractivity (Wildman–Crippen MR) is 62.9 cm³/mol. The molecule has 1 atom stereocenters. The summed E-state index contributed by atoms with van der Waals surface area (Å²) in [4.78, 5) is 11.7. The molecule has 94 valence electrons. The van der Waals surface area contributed by atoms with Crippen molar-refractivity contribution in [2.45, 2.75) is 19.4 Å². The van der Waals surface area contributed by atoms with Crippen LogP contribution in [-0.4, -0.2) is 11.2 Å². The zero-order valence-corrected chi connectivity index (χ0v) is 9.74. The fraction of sp³-hybridized carbons (Fsp3) is 0.308. The summed E-state index contributed by atoms with van der Waals surface area (Å²) in [6.07, 6.45) is 2.40. The fourth-order valence-corrected chi connectivity index (χ4v) is 2.36. The molecule has 1 unspecified atom stereocenters. The van der Waals surface area contributed by atoms with Gasteiger partial charge in [-0.1, -0.05) is 6.92 Å². The van der Waals surface area contributed by atoms with E-state index in [1.54, 1.807) is 10.8 Å². The zero-order valence-electron chi connectivity index (χ0n) is 9.74. The standard InChI is InChI=1S/C13H11F2NO2/c1-2-7-6-18-13-11(15)9(14)5-8-10(17)3-4-16(7)12(8)13/h3-5,7H,2,6H2,1H3. The van der Waals surface area contributed by atoms with Gasteiger partial charge in [-0.25, -0.2) is 4.39 Å². The van der Waals surface area contributed by atoms with E-state index in [4.69, 9.17) is 4.74 Å². The summed E-state index contributed by atoms with van der Waals surface area (Å²) in [5, 5.41) is 0.157. The number of rotatable bonds is 1. The first-order chi connectivity index (χ1) is 8.63. The summed E-state index contributed by atoms with van der Waals surface area (Å²) in [6.45, 7) is 2.25. The Morgan fingerprint density at radius 2 is 2.28 bits per heavy atom. The minimum absolute atomic E-state index is 0.0328. The number of ether oxygens (including phenoxy) is 1. The highest BCUT2D eigenvalue weighted by Crippen LogP contribution is 2.35. The van der Waals surface area contributed by atoms with Gasteiger partial charge in [0.05, 0.1) is 16.9 Å². The Morgan fingerprint density at radius 3 is 3.00 bits per heavy atom. The Morgan fingerprint density at radius 1 is 1.50 bits per heavy atom. The van der Waals surface area contributed by atoms with Crippen molar-refractivity contribution in [1.29, 1.82) is 0 Å². The van der Waals surface area contributed by atoms with Gasteiger partial charge in [0, 0.05) is 12.3 Å². The van der Waals surface area contributed by atoms with Crippen molar-refractivity contribution in [3.05, 3.63) is 40.2 Å². The Kier molecular flexibility index (Phi) is 2.36. The first-order valence-corrected chi connectivity index (χ1v) is 5.79. The molecule has 0 spiro atoms. The summed E-state index contributed by atoms with van der Waals surface area (Å²) in [7, 11) is 0. The second kappa shape index (κ2) is 3.80. The third-order valence-corrected chi connectivity index (χ3v) is 3.35. The molecule has 1 aliphatic heterocycles. The van der Waals surface area contributed by atoms with E-state index >= 15 is 0 Å². The SMILES string of the molecule is CCC1COc2c(F)c(F)cc3c(=O)ccn1c23. The zero-order chi connectivity index (χ0) is 12.9. The maximum absolute atomic E-state index is 13.7. The maximum Gasteiger partial charge on any atom is 0.202 e. The van der Waals surface area contributed by atoms with E-state index in [9.17, 15) is 13.6 Å². The largest absolute Gasteiger partial charge is 0.486 e. The molecule has 0 saturated heterocycles. The normalized spacial score (nSPS) is 17.8. The average Bonchev–Trinajstić information content (AvgIpc) is 2.38. The molecular weight excluding hydrogens is 240 g/mol. The van der Waals surface area contributed by atoms with Crippen LogP contribution in [0.3, 0.4) is 0 Å². The molecule has 0 radical (unpaired) electrons. The molecule has 1 aromatic carbocycles. The molecule has 0 N–H and O–H groups in total. The van der Waals surface area contributed by atoms with Gasteiger partial charge in [-0.3, -0.25) is 4.79 Å². The second-order valence-corrected chi connectivity index (χ2v) is 4.36. The van der Waals surface area contributed by atoms with Crippen LogP contribution in [-0.2, 0) is 0 Å². The molecule has 2 aromatic rings. The van der Waals surface area contributed by atoms with Crippen LogP contribution >= 0.6 is 0 Å². The van der Waals surface area contributed by atoms with Crippen LogP contribution in [0.15, 0.2) is 23.1 Å². The third-order valence-electron chi connectivity index (χ3n) is 3.35. The van der Waals surface area contributed by atoms with Gasteiger partial charge >= 0.3 is 0 Å². The van der Waals surface area contributed by atoms with Crippen LogP contribution in [0, 0.1) is 11.6 Å². The number of hydrogen-bond acceptors (Lipinski definition) is 2. The summed E-state index contributed by atoms with van der Waals surface area (Å²) < 4.78 is 34.2. The van der Waals surface area contributed by atoms with Gasteiger partial charge in [-0.2, -0.15) is 4.39 Å². The Bertz CT molecular complexity index is 693. The fourth-order valence-electron chi connectivity index (χ4n) is 2.36. The van der Waals surface area contributed by atoms with Gasteiger partial charge in [0.1, 0.15) is 6.61 Å². The van der Waals surface area contributed by atoms with Crippen molar-refractivity contribution < 1.29 is 13.5 Å². The quantitative estimate of drug-likeness (QED) is 0.780. The van der Waals surface area contributed by atoms with Crippen molar-refractivity contribution in [3.63, 3.8) is 0 Å². The first-order valence-electron chi connectivity index (χ1n) is 5.79. The lowest BCUT2D eigenvalue weighted by Gasteiger charge is -2.28. The summed E-state index contributed by atoms with van der Waals surface area (Å²) >= 11 is 0. The summed E-state index contributed by atoms with van der Waals surface area (Å²) in [5.74, 6) is -2.24. The Labute approximate surface area is 102 Å². The molecule has 0 bridgehead atoms. The monoisotopic (exact) mass is 251 g/mol. The highest BCUT2D eigenvalue weighted by Gasteiger charge is 2.26. The average molecular weight is 251 g/mol. The van der Waals surface area contributed by atoms with Crippen molar-refractivity contribution >= 4 is 10.9 Å². The molecule has 5 heteroatoms. The number of aromatic nitrogens is 1. The van der Waals surface area contributed by atoms with E-state index in [0.29, 0.717) is 5.52 Å². The molecule has 1 aromatic heterocycles. The number of benzene rings is 1. The molecule has 0 aliphatic carbocycles. The predicted octanol–water partition coefficient (Wildman–Crippen LogP) is 2.62. The van der Waals surface area contributed by atoms with E-state index in [0.717, 1.165) is 12.5 Å². The molecule has 3 rings (SSSR count). The van der Waals surface area contributed by atoms with Gasteiger partial charge in [0.2, 0.25) is 5.82 Å². The molecule has 1 aliphatic rings. The Hall–Kier alpha value is -1.91. The van der Waals surface area contributed by atoms with E-state index in [1.807, 2.05) is 6.92 Å². The Balaban J connectivity index is 2.49. The molecular formula is C13H11F2NO2. The summed E-state index contributed by atoms with van der Waals surface area (Å²) in [6, 6.07) is 2.34. The molecule has 18 heavy (non-hydrogen) atoms. The van der Waals surface area contributed by atoms with Crippen LogP contribution in [0.2, 0.25) is 0 Å². The lowest BCUT2D eigenvalue weighted by molar-refractivity contribution is 0.220. The topological polar surface area (TPSA) is 31.2 Å². The van der Waals surface area contributed by atoms with Crippen LogP contribution < -0.4 is 10.2 Å². The minimum Gasteiger partial charge on any atom is -0.486 e. The van der Waals surface area contributed by atoms with Crippen molar-refractivity contribution in [2.24, 2.45) is 0 Å².